The molecule has 0 radical (unpaired) electrons. The zero-order valence-electron chi connectivity index (χ0n) is 22.1. The van der Waals surface area contributed by atoms with Crippen LogP contribution in [-0.2, 0) is 16.2 Å². The number of hydrogen-bond donors (Lipinski definition) is 2. The maximum absolute atomic E-state index is 13.8. The lowest BCUT2D eigenvalue weighted by atomic mass is 9.70. The number of fused-ring (bicyclic) bond motifs is 1. The van der Waals surface area contributed by atoms with E-state index in [1.807, 2.05) is 74.6 Å². The van der Waals surface area contributed by atoms with E-state index in [0.29, 0.717) is 35.7 Å². The normalized spacial score (nSPS) is 18.6. The average Bonchev–Trinajstić information content (AvgIpc) is 2.93. The summed E-state index contributed by atoms with van der Waals surface area (Å²) < 4.78 is 12.6. The highest BCUT2D eigenvalue weighted by Gasteiger charge is 2.44. The van der Waals surface area contributed by atoms with Gasteiger partial charge in [0.25, 0.3) is 5.82 Å². The number of hydrogen-bond acceptors (Lipinski definition) is 5. The van der Waals surface area contributed by atoms with E-state index in [-0.39, 0.29) is 18.3 Å². The van der Waals surface area contributed by atoms with E-state index in [1.54, 1.807) is 7.11 Å². The zero-order chi connectivity index (χ0) is 27.5. The first-order chi connectivity index (χ1) is 18.9. The molecule has 39 heavy (non-hydrogen) atoms. The van der Waals surface area contributed by atoms with Crippen molar-refractivity contribution in [1.82, 2.24) is 5.32 Å². The number of Topliss-reactive ketones (excluding diaryl/α,β-unsaturated/α-hetero) is 1. The van der Waals surface area contributed by atoms with Gasteiger partial charge in [0, 0.05) is 35.4 Å². The number of anilines is 1. The van der Waals surface area contributed by atoms with Gasteiger partial charge in [-0.15, -0.1) is 0 Å². The maximum Gasteiger partial charge on any atom is 0.337 e. The van der Waals surface area contributed by atoms with Crippen LogP contribution in [0.5, 0.6) is 11.5 Å². The van der Waals surface area contributed by atoms with Crippen LogP contribution in [0.3, 0.4) is 0 Å². The Morgan fingerprint density at radius 2 is 1.92 bits per heavy atom. The van der Waals surface area contributed by atoms with E-state index in [0.717, 1.165) is 32.6 Å². The second-order valence-corrected chi connectivity index (χ2v) is 10.7. The number of pyridine rings is 1. The number of ketones is 1. The number of ether oxygens (including phenoxy) is 2. The Labute approximate surface area is 236 Å². The van der Waals surface area contributed by atoms with Gasteiger partial charge in [-0.05, 0) is 77.7 Å². The topological polar surface area (TPSA) is 90.8 Å². The quantitative estimate of drug-likeness (QED) is 0.374. The number of nitrogens with one attached hydrogen (secondary N) is 3. The summed E-state index contributed by atoms with van der Waals surface area (Å²) in [4.78, 5) is 30.2. The number of aromatic nitrogens is 1. The third-order valence-electron chi connectivity index (χ3n) is 7.16. The highest BCUT2D eigenvalue weighted by molar-refractivity contribution is 9.10. The molecule has 2 aliphatic rings. The van der Waals surface area contributed by atoms with Crippen LogP contribution in [-0.4, -0.2) is 18.8 Å². The first kappa shape index (κ1) is 26.7. The van der Waals surface area contributed by atoms with Crippen molar-refractivity contribution in [2.45, 2.75) is 39.2 Å². The van der Waals surface area contributed by atoms with Crippen molar-refractivity contribution in [3.05, 3.63) is 105 Å². The van der Waals surface area contributed by atoms with Crippen molar-refractivity contribution in [2.24, 2.45) is 5.92 Å². The monoisotopic (exact) mass is 588 g/mol. The molecule has 2 heterocycles. The van der Waals surface area contributed by atoms with Gasteiger partial charge in [-0.2, -0.15) is 0 Å². The number of aromatic amines is 1. The number of benzene rings is 2. The molecule has 3 aromatic rings. The number of amides is 1. The highest BCUT2D eigenvalue weighted by atomic mass is 79.9. The van der Waals surface area contributed by atoms with Crippen LogP contribution in [0, 0.1) is 12.8 Å². The summed E-state index contributed by atoms with van der Waals surface area (Å²) in [7, 11) is 1.62. The Morgan fingerprint density at radius 3 is 2.67 bits per heavy atom. The van der Waals surface area contributed by atoms with E-state index >= 15 is 0 Å². The first-order valence-corrected chi connectivity index (χ1v) is 13.7. The molecule has 3 N–H and O–H groups in total. The second-order valence-electron chi connectivity index (χ2n) is 9.81. The molecule has 0 bridgehead atoms. The van der Waals surface area contributed by atoms with Crippen molar-refractivity contribution in [2.75, 3.05) is 12.4 Å². The zero-order valence-corrected chi connectivity index (χ0v) is 23.7. The molecular weight excluding hydrogens is 558 g/mol. The molecule has 2 unspecified atom stereocenters. The van der Waals surface area contributed by atoms with Crippen LogP contribution in [0.1, 0.15) is 42.4 Å². The molecule has 1 aliphatic carbocycles. The minimum atomic E-state index is -0.476. The van der Waals surface area contributed by atoms with Crippen molar-refractivity contribution in [1.29, 1.82) is 0 Å². The van der Waals surface area contributed by atoms with Crippen molar-refractivity contribution < 1.29 is 24.0 Å². The Morgan fingerprint density at radius 1 is 1.10 bits per heavy atom. The Bertz CT molecular complexity index is 1480. The molecule has 1 amide bonds. The number of methoxy groups -OCH3 is 1. The molecule has 0 fully saturated rings. The number of carbonyl (C=O) groups is 2. The van der Waals surface area contributed by atoms with Gasteiger partial charge in [0.15, 0.2) is 0 Å². The molecule has 0 saturated heterocycles. The fourth-order valence-corrected chi connectivity index (χ4v) is 5.67. The van der Waals surface area contributed by atoms with Crippen LogP contribution in [0.2, 0.25) is 0 Å². The van der Waals surface area contributed by atoms with Crippen LogP contribution < -0.4 is 25.1 Å². The third-order valence-corrected chi connectivity index (χ3v) is 7.82. The lowest BCUT2D eigenvalue weighted by Gasteiger charge is -2.37. The van der Waals surface area contributed by atoms with Gasteiger partial charge in [-0.1, -0.05) is 24.3 Å². The number of halogens is 1. The average molecular weight is 590 g/mol. The molecule has 1 aromatic heterocycles. The minimum Gasteiger partial charge on any atom is -0.496 e. The SMILES string of the molecule is COc1ccc(C2C(C(=O)Nc3ccc(C)c[nH+]3)=C(C)NC3=CCCC(=O)C32)cc1COc1ccccc1Br. The third kappa shape index (κ3) is 5.61. The Balaban J connectivity index is 1.54. The molecular formula is C31H31BrN3O4+. The van der Waals surface area contributed by atoms with Crippen molar-refractivity contribution in [3.8, 4) is 11.5 Å². The van der Waals surface area contributed by atoms with E-state index in [4.69, 9.17) is 9.47 Å². The molecule has 5 rings (SSSR count). The van der Waals surface area contributed by atoms with Gasteiger partial charge >= 0.3 is 5.91 Å². The number of allylic oxidation sites excluding steroid dienone is 3. The Kier molecular flexibility index (Phi) is 7.84. The van der Waals surface area contributed by atoms with Gasteiger partial charge < -0.3 is 14.8 Å². The van der Waals surface area contributed by atoms with Gasteiger partial charge in [0.05, 0.1) is 29.3 Å². The molecule has 7 nitrogen and oxygen atoms in total. The van der Waals surface area contributed by atoms with E-state index < -0.39 is 11.8 Å². The molecule has 8 heteroatoms. The number of aryl methyl sites for hydroxylation is 1. The fraction of sp³-hybridized carbons (Fsp3) is 0.258. The Hall–Kier alpha value is -3.91. The van der Waals surface area contributed by atoms with Crippen LogP contribution >= 0.6 is 15.9 Å². The van der Waals surface area contributed by atoms with Gasteiger partial charge in [-0.3, -0.25) is 4.79 Å². The number of H-pyrrole nitrogens is 1. The summed E-state index contributed by atoms with van der Waals surface area (Å²) in [5.74, 6) is 0.879. The smallest absolute Gasteiger partial charge is 0.337 e. The summed E-state index contributed by atoms with van der Waals surface area (Å²) >= 11 is 3.53. The molecule has 200 valence electrons. The van der Waals surface area contributed by atoms with Crippen LogP contribution in [0.15, 0.2) is 88.3 Å². The number of rotatable bonds is 7. The van der Waals surface area contributed by atoms with Gasteiger partial charge in [-0.25, -0.2) is 15.1 Å². The van der Waals surface area contributed by atoms with Crippen molar-refractivity contribution in [3.63, 3.8) is 0 Å². The fourth-order valence-electron chi connectivity index (χ4n) is 5.27. The van der Waals surface area contributed by atoms with Gasteiger partial charge in [0.1, 0.15) is 23.9 Å². The maximum atomic E-state index is 13.8. The van der Waals surface area contributed by atoms with E-state index in [2.05, 4.69) is 37.6 Å². The summed E-state index contributed by atoms with van der Waals surface area (Å²) in [5, 5.41) is 6.35. The summed E-state index contributed by atoms with van der Waals surface area (Å²) in [6, 6.07) is 17.2. The van der Waals surface area contributed by atoms with Crippen molar-refractivity contribution >= 4 is 33.4 Å². The molecule has 0 saturated carbocycles. The van der Waals surface area contributed by atoms with E-state index in [1.165, 1.54) is 0 Å². The second kappa shape index (κ2) is 11.5. The molecule has 1 aliphatic heterocycles. The first-order valence-electron chi connectivity index (χ1n) is 12.9. The predicted octanol–water partition coefficient (Wildman–Crippen LogP) is 5.62. The highest BCUT2D eigenvalue weighted by Crippen LogP contribution is 2.44. The van der Waals surface area contributed by atoms with Crippen LogP contribution in [0.4, 0.5) is 5.82 Å². The summed E-state index contributed by atoms with van der Waals surface area (Å²) in [6.45, 7) is 4.12. The van der Waals surface area contributed by atoms with E-state index in [9.17, 15) is 9.59 Å². The number of para-hydroxylation sites is 1. The number of carbonyl (C=O) groups excluding carboxylic acids is 2. The minimum absolute atomic E-state index is 0.117. The molecule has 2 atom stereocenters. The largest absolute Gasteiger partial charge is 0.496 e. The lowest BCUT2D eigenvalue weighted by molar-refractivity contribution is -0.361. The summed E-state index contributed by atoms with van der Waals surface area (Å²) in [5.41, 5.74) is 4.84. The lowest BCUT2D eigenvalue weighted by Crippen LogP contribution is -2.41. The molecule has 2 aromatic carbocycles. The summed E-state index contributed by atoms with van der Waals surface area (Å²) in [6.07, 6.45) is 5.04. The standard InChI is InChI=1S/C31H30BrN3O4/c1-18-11-14-27(33-16-18)35-31(37)28-19(2)34-23-8-6-9-24(36)30(23)29(28)20-12-13-25(38-3)21(15-20)17-39-26-10-5-4-7-22(26)32/h4-5,7-8,10-16,29-30,34H,6,9,17H2,1-3H3,(H,33,35,37)/p+1. The predicted molar refractivity (Wildman–Crippen MR) is 152 cm³/mol. The van der Waals surface area contributed by atoms with Gasteiger partial charge in [0.2, 0.25) is 0 Å². The van der Waals surface area contributed by atoms with Crippen LogP contribution in [0.25, 0.3) is 0 Å². The molecule has 0 spiro atoms.